The van der Waals surface area contributed by atoms with Gasteiger partial charge in [0.1, 0.15) is 0 Å². The summed E-state index contributed by atoms with van der Waals surface area (Å²) in [6.45, 7) is 7.89. The highest BCUT2D eigenvalue weighted by molar-refractivity contribution is 5.90. The van der Waals surface area contributed by atoms with Gasteiger partial charge in [-0.25, -0.2) is 4.79 Å². The summed E-state index contributed by atoms with van der Waals surface area (Å²) in [5.41, 5.74) is 1.42. The summed E-state index contributed by atoms with van der Waals surface area (Å²) in [4.78, 5) is 24.7. The highest BCUT2D eigenvalue weighted by Gasteiger charge is 2.26. The van der Waals surface area contributed by atoms with Crippen LogP contribution in [0.2, 0.25) is 0 Å². The van der Waals surface area contributed by atoms with E-state index in [0.717, 1.165) is 17.7 Å². The molecule has 0 aromatic heterocycles. The predicted octanol–water partition coefficient (Wildman–Crippen LogP) is 3.36. The summed E-state index contributed by atoms with van der Waals surface area (Å²) < 4.78 is 0. The molecule has 1 aromatic rings. The molecule has 1 rings (SSSR count). The van der Waals surface area contributed by atoms with E-state index in [-0.39, 0.29) is 19.0 Å². The fourth-order valence-electron chi connectivity index (χ4n) is 2.01. The first kappa shape index (κ1) is 17.0. The molecule has 0 aliphatic heterocycles. The van der Waals surface area contributed by atoms with Gasteiger partial charge in [0.15, 0.2) is 0 Å². The van der Waals surface area contributed by atoms with Gasteiger partial charge in [-0.3, -0.25) is 4.79 Å². The summed E-state index contributed by atoms with van der Waals surface area (Å²) >= 11 is 0. The van der Waals surface area contributed by atoms with E-state index in [1.165, 1.54) is 0 Å². The van der Waals surface area contributed by atoms with Crippen molar-refractivity contribution >= 4 is 17.7 Å². The summed E-state index contributed by atoms with van der Waals surface area (Å²) in [5, 5.41) is 11.7. The van der Waals surface area contributed by atoms with Crippen molar-refractivity contribution in [3.8, 4) is 0 Å². The van der Waals surface area contributed by atoms with Gasteiger partial charge in [0.05, 0.1) is 6.42 Å². The van der Waals surface area contributed by atoms with Crippen molar-refractivity contribution in [2.45, 2.75) is 46.1 Å². The van der Waals surface area contributed by atoms with E-state index < -0.39 is 11.5 Å². The molecule has 5 heteroatoms. The van der Waals surface area contributed by atoms with Crippen LogP contribution in [0.4, 0.5) is 10.5 Å². The lowest BCUT2D eigenvalue weighted by Gasteiger charge is -2.35. The van der Waals surface area contributed by atoms with Crippen LogP contribution in [0.25, 0.3) is 0 Å². The maximum Gasteiger partial charge on any atom is 0.322 e. The van der Waals surface area contributed by atoms with Crippen LogP contribution in [-0.2, 0) is 11.2 Å². The van der Waals surface area contributed by atoms with Crippen LogP contribution in [0.1, 0.15) is 39.7 Å². The third-order valence-corrected chi connectivity index (χ3v) is 3.19. The quantitative estimate of drug-likeness (QED) is 0.874. The highest BCUT2D eigenvalue weighted by atomic mass is 16.4. The molecule has 0 aliphatic rings. The Bertz CT molecular complexity index is 506. The number of urea groups is 1. The average molecular weight is 292 g/mol. The number of hydrogen-bond donors (Lipinski definition) is 2. The Kier molecular flexibility index (Phi) is 5.76. The SMILES string of the molecule is CCc1cccc(NC(=O)N(CCC(=O)O)C(C)(C)C)c1. The topological polar surface area (TPSA) is 69.6 Å². The molecule has 0 unspecified atom stereocenters. The van der Waals surface area contributed by atoms with E-state index in [2.05, 4.69) is 12.2 Å². The number of amides is 2. The molecule has 0 saturated heterocycles. The molecule has 0 atom stereocenters. The number of anilines is 1. The summed E-state index contributed by atoms with van der Waals surface area (Å²) in [5.74, 6) is -0.912. The van der Waals surface area contributed by atoms with Crippen LogP contribution < -0.4 is 5.32 Å². The number of aryl methyl sites for hydroxylation is 1. The Morgan fingerprint density at radius 3 is 2.48 bits per heavy atom. The lowest BCUT2D eigenvalue weighted by Crippen LogP contribution is -2.48. The number of carboxylic acid groups (broad SMARTS) is 1. The fourth-order valence-corrected chi connectivity index (χ4v) is 2.01. The van der Waals surface area contributed by atoms with Crippen molar-refractivity contribution in [1.82, 2.24) is 4.90 Å². The first-order valence-electron chi connectivity index (χ1n) is 7.13. The van der Waals surface area contributed by atoms with Crippen molar-refractivity contribution < 1.29 is 14.7 Å². The number of carbonyl (C=O) groups is 2. The van der Waals surface area contributed by atoms with Gasteiger partial charge in [0.25, 0.3) is 0 Å². The van der Waals surface area contributed by atoms with E-state index in [1.807, 2.05) is 45.0 Å². The van der Waals surface area contributed by atoms with Crippen LogP contribution in [0, 0.1) is 0 Å². The van der Waals surface area contributed by atoms with Crippen molar-refractivity contribution in [2.24, 2.45) is 0 Å². The summed E-state index contributed by atoms with van der Waals surface area (Å²) in [6.07, 6.45) is 0.825. The predicted molar refractivity (Wildman–Crippen MR) is 83.6 cm³/mol. The number of nitrogens with one attached hydrogen (secondary N) is 1. The zero-order chi connectivity index (χ0) is 16.0. The van der Waals surface area contributed by atoms with E-state index in [4.69, 9.17) is 5.11 Å². The maximum absolute atomic E-state index is 12.4. The van der Waals surface area contributed by atoms with Gasteiger partial charge in [0, 0.05) is 17.8 Å². The van der Waals surface area contributed by atoms with Crippen molar-refractivity contribution in [1.29, 1.82) is 0 Å². The second-order valence-electron chi connectivity index (χ2n) is 5.95. The fraction of sp³-hybridized carbons (Fsp3) is 0.500. The van der Waals surface area contributed by atoms with Crippen LogP contribution in [0.3, 0.4) is 0 Å². The zero-order valence-corrected chi connectivity index (χ0v) is 13.1. The molecule has 116 valence electrons. The minimum Gasteiger partial charge on any atom is -0.481 e. The molecule has 0 bridgehead atoms. The molecule has 0 aliphatic carbocycles. The summed E-state index contributed by atoms with van der Waals surface area (Å²) in [6, 6.07) is 7.37. The van der Waals surface area contributed by atoms with Crippen molar-refractivity contribution in [3.05, 3.63) is 29.8 Å². The summed E-state index contributed by atoms with van der Waals surface area (Å²) in [7, 11) is 0. The Morgan fingerprint density at radius 1 is 1.29 bits per heavy atom. The van der Waals surface area contributed by atoms with E-state index in [9.17, 15) is 9.59 Å². The number of aliphatic carboxylic acids is 1. The second kappa shape index (κ2) is 7.11. The molecular formula is C16H24N2O3. The van der Waals surface area contributed by atoms with E-state index in [0.29, 0.717) is 0 Å². The van der Waals surface area contributed by atoms with Crippen molar-refractivity contribution in [2.75, 3.05) is 11.9 Å². The molecular weight excluding hydrogens is 268 g/mol. The first-order chi connectivity index (χ1) is 9.74. The zero-order valence-electron chi connectivity index (χ0n) is 13.1. The van der Waals surface area contributed by atoms with Gasteiger partial charge in [-0.05, 0) is 44.9 Å². The molecule has 5 nitrogen and oxygen atoms in total. The third kappa shape index (κ3) is 5.45. The van der Waals surface area contributed by atoms with Crippen LogP contribution >= 0.6 is 0 Å². The maximum atomic E-state index is 12.4. The number of hydrogen-bond acceptors (Lipinski definition) is 2. The first-order valence-corrected chi connectivity index (χ1v) is 7.13. The monoisotopic (exact) mass is 292 g/mol. The normalized spacial score (nSPS) is 11.0. The molecule has 0 heterocycles. The van der Waals surface area contributed by atoms with E-state index in [1.54, 1.807) is 4.90 Å². The average Bonchev–Trinajstić information content (AvgIpc) is 2.37. The number of carboxylic acids is 1. The van der Waals surface area contributed by atoms with Gasteiger partial charge < -0.3 is 15.3 Å². The second-order valence-corrected chi connectivity index (χ2v) is 5.95. The van der Waals surface area contributed by atoms with Gasteiger partial charge in [-0.15, -0.1) is 0 Å². The lowest BCUT2D eigenvalue weighted by atomic mass is 10.1. The number of carbonyl (C=O) groups excluding carboxylic acids is 1. The minimum atomic E-state index is -0.912. The van der Waals surface area contributed by atoms with Crippen LogP contribution in [-0.4, -0.2) is 34.1 Å². The van der Waals surface area contributed by atoms with Gasteiger partial charge in [-0.2, -0.15) is 0 Å². The molecule has 0 radical (unpaired) electrons. The van der Waals surface area contributed by atoms with Gasteiger partial charge >= 0.3 is 12.0 Å². The molecule has 2 N–H and O–H groups in total. The molecule has 0 fully saturated rings. The van der Waals surface area contributed by atoms with E-state index >= 15 is 0 Å². The minimum absolute atomic E-state index is 0.0698. The highest BCUT2D eigenvalue weighted by Crippen LogP contribution is 2.17. The number of benzene rings is 1. The molecule has 0 saturated carbocycles. The Hall–Kier alpha value is -2.04. The molecule has 21 heavy (non-hydrogen) atoms. The van der Waals surface area contributed by atoms with Crippen LogP contribution in [0.5, 0.6) is 0 Å². The number of nitrogens with zero attached hydrogens (tertiary/aromatic N) is 1. The molecule has 2 amide bonds. The van der Waals surface area contributed by atoms with Crippen LogP contribution in [0.15, 0.2) is 24.3 Å². The Labute approximate surface area is 126 Å². The van der Waals surface area contributed by atoms with Gasteiger partial charge in [-0.1, -0.05) is 19.1 Å². The standard InChI is InChI=1S/C16H24N2O3/c1-5-12-7-6-8-13(11-12)17-15(21)18(16(2,3)4)10-9-14(19)20/h6-8,11H,5,9-10H2,1-4H3,(H,17,21)(H,19,20). The molecule has 0 spiro atoms. The lowest BCUT2D eigenvalue weighted by molar-refractivity contribution is -0.137. The Balaban J connectivity index is 2.82. The van der Waals surface area contributed by atoms with Gasteiger partial charge in [0.2, 0.25) is 0 Å². The van der Waals surface area contributed by atoms with Crippen molar-refractivity contribution in [3.63, 3.8) is 0 Å². The molecule has 1 aromatic carbocycles. The largest absolute Gasteiger partial charge is 0.481 e. The third-order valence-electron chi connectivity index (χ3n) is 3.19. The smallest absolute Gasteiger partial charge is 0.322 e. The Morgan fingerprint density at radius 2 is 1.95 bits per heavy atom. The number of rotatable bonds is 5.